The SMILES string of the molecule is Cc1ccc(N2C(=O)/C(=C/c3cccc(OCC(=O)Nc4cc(Cl)ccc4C)c3)SC2=S)cc1. The average Bonchev–Trinajstić information content (AvgIpc) is 3.08. The van der Waals surface area contributed by atoms with Gasteiger partial charge in [0, 0.05) is 10.7 Å². The zero-order valence-electron chi connectivity index (χ0n) is 18.5. The Kier molecular flexibility index (Phi) is 7.36. The highest BCUT2D eigenvalue weighted by atomic mass is 35.5. The van der Waals surface area contributed by atoms with E-state index in [0.717, 1.165) is 22.4 Å². The number of thioether (sulfide) groups is 1. The second kappa shape index (κ2) is 10.4. The fourth-order valence-corrected chi connectivity index (χ4v) is 4.76. The van der Waals surface area contributed by atoms with E-state index >= 15 is 0 Å². The molecule has 1 N–H and O–H groups in total. The lowest BCUT2D eigenvalue weighted by Crippen LogP contribution is -2.27. The van der Waals surface area contributed by atoms with Crippen molar-refractivity contribution >= 4 is 69.2 Å². The maximum absolute atomic E-state index is 13.0. The fourth-order valence-electron chi connectivity index (χ4n) is 3.29. The number of halogens is 1. The highest BCUT2D eigenvalue weighted by molar-refractivity contribution is 8.27. The quantitative estimate of drug-likeness (QED) is 0.309. The van der Waals surface area contributed by atoms with Gasteiger partial charge in [-0.2, -0.15) is 0 Å². The van der Waals surface area contributed by atoms with Gasteiger partial charge in [0.25, 0.3) is 11.8 Å². The maximum atomic E-state index is 13.0. The van der Waals surface area contributed by atoms with Gasteiger partial charge in [-0.25, -0.2) is 0 Å². The minimum atomic E-state index is -0.297. The minimum Gasteiger partial charge on any atom is -0.484 e. The van der Waals surface area contributed by atoms with Crippen molar-refractivity contribution in [1.82, 2.24) is 0 Å². The lowest BCUT2D eigenvalue weighted by atomic mass is 10.2. The number of benzene rings is 3. The Hall–Kier alpha value is -3.13. The summed E-state index contributed by atoms with van der Waals surface area (Å²) in [6, 6.07) is 20.2. The van der Waals surface area contributed by atoms with E-state index in [4.69, 9.17) is 28.6 Å². The predicted molar refractivity (Wildman–Crippen MR) is 144 cm³/mol. The number of hydrogen-bond acceptors (Lipinski definition) is 5. The molecule has 5 nitrogen and oxygen atoms in total. The molecule has 8 heteroatoms. The first-order valence-corrected chi connectivity index (χ1v) is 12.0. The Morgan fingerprint density at radius 1 is 1.12 bits per heavy atom. The third-order valence-electron chi connectivity index (χ3n) is 5.09. The highest BCUT2D eigenvalue weighted by Crippen LogP contribution is 2.36. The summed E-state index contributed by atoms with van der Waals surface area (Å²) in [5.74, 6) is 0.0527. The molecule has 1 saturated heterocycles. The van der Waals surface area contributed by atoms with Crippen LogP contribution in [-0.4, -0.2) is 22.7 Å². The van der Waals surface area contributed by atoms with Gasteiger partial charge in [-0.3, -0.25) is 14.5 Å². The zero-order chi connectivity index (χ0) is 24.2. The summed E-state index contributed by atoms with van der Waals surface area (Å²) in [5.41, 5.74) is 4.17. The van der Waals surface area contributed by atoms with Crippen LogP contribution in [0, 0.1) is 13.8 Å². The number of rotatable bonds is 6. The van der Waals surface area contributed by atoms with Crippen molar-refractivity contribution in [2.75, 3.05) is 16.8 Å². The van der Waals surface area contributed by atoms with Crippen LogP contribution in [0.1, 0.15) is 16.7 Å². The van der Waals surface area contributed by atoms with Gasteiger partial charge in [-0.15, -0.1) is 0 Å². The molecule has 0 unspecified atom stereocenters. The second-order valence-electron chi connectivity index (χ2n) is 7.72. The molecule has 1 fully saturated rings. The molecule has 0 aromatic heterocycles. The van der Waals surface area contributed by atoms with Crippen LogP contribution < -0.4 is 15.0 Å². The lowest BCUT2D eigenvalue weighted by molar-refractivity contribution is -0.118. The molecule has 172 valence electrons. The van der Waals surface area contributed by atoms with Crippen LogP contribution in [0.2, 0.25) is 5.02 Å². The number of anilines is 2. The maximum Gasteiger partial charge on any atom is 0.270 e. The van der Waals surface area contributed by atoms with Gasteiger partial charge < -0.3 is 10.1 Å². The molecular weight excluding hydrogens is 488 g/mol. The van der Waals surface area contributed by atoms with Gasteiger partial charge >= 0.3 is 0 Å². The van der Waals surface area contributed by atoms with Crippen molar-refractivity contribution in [3.05, 3.63) is 93.3 Å². The van der Waals surface area contributed by atoms with Gasteiger partial charge in [-0.05, 0) is 67.4 Å². The van der Waals surface area contributed by atoms with E-state index < -0.39 is 0 Å². The number of ether oxygens (including phenoxy) is 1. The van der Waals surface area contributed by atoms with Crippen LogP contribution in [0.15, 0.2) is 71.6 Å². The average molecular weight is 509 g/mol. The molecule has 2 amide bonds. The molecular formula is C26H21ClN2O3S2. The van der Waals surface area contributed by atoms with E-state index in [9.17, 15) is 9.59 Å². The van der Waals surface area contributed by atoms with E-state index in [1.807, 2.05) is 50.2 Å². The van der Waals surface area contributed by atoms with Crippen molar-refractivity contribution in [3.63, 3.8) is 0 Å². The number of hydrogen-bond donors (Lipinski definition) is 1. The molecule has 1 aliphatic heterocycles. The lowest BCUT2D eigenvalue weighted by Gasteiger charge is -2.14. The summed E-state index contributed by atoms with van der Waals surface area (Å²) in [7, 11) is 0. The van der Waals surface area contributed by atoms with E-state index in [1.165, 1.54) is 16.7 Å². The summed E-state index contributed by atoms with van der Waals surface area (Å²) in [4.78, 5) is 27.4. The number of carbonyl (C=O) groups excluding carboxylic acids is 2. The van der Waals surface area contributed by atoms with Crippen LogP contribution >= 0.6 is 35.6 Å². The van der Waals surface area contributed by atoms with Crippen LogP contribution in [0.25, 0.3) is 6.08 Å². The summed E-state index contributed by atoms with van der Waals surface area (Å²) in [6.45, 7) is 3.72. The van der Waals surface area contributed by atoms with Gasteiger partial charge in [0.1, 0.15) is 5.75 Å². The molecule has 1 aliphatic rings. The van der Waals surface area contributed by atoms with Crippen molar-refractivity contribution in [2.45, 2.75) is 13.8 Å². The Morgan fingerprint density at radius 2 is 1.88 bits per heavy atom. The van der Waals surface area contributed by atoms with E-state index in [0.29, 0.717) is 25.7 Å². The van der Waals surface area contributed by atoms with Crippen molar-refractivity contribution in [3.8, 4) is 5.75 Å². The minimum absolute atomic E-state index is 0.162. The monoisotopic (exact) mass is 508 g/mol. The molecule has 0 bridgehead atoms. The number of thiocarbonyl (C=S) groups is 1. The van der Waals surface area contributed by atoms with E-state index in [1.54, 1.807) is 36.4 Å². The van der Waals surface area contributed by atoms with Crippen LogP contribution in [0.4, 0.5) is 11.4 Å². The molecule has 34 heavy (non-hydrogen) atoms. The first kappa shape index (κ1) is 24.0. The number of nitrogens with one attached hydrogen (secondary N) is 1. The fraction of sp³-hybridized carbons (Fsp3) is 0.115. The molecule has 0 atom stereocenters. The van der Waals surface area contributed by atoms with Gasteiger partial charge in [0.2, 0.25) is 0 Å². The van der Waals surface area contributed by atoms with Crippen LogP contribution in [0.5, 0.6) is 5.75 Å². The molecule has 1 heterocycles. The molecule has 0 radical (unpaired) electrons. The summed E-state index contributed by atoms with van der Waals surface area (Å²) in [5, 5.41) is 3.34. The Balaban J connectivity index is 1.42. The standard InChI is InChI=1S/C26H21ClN2O3S2/c1-16-6-10-20(11-7-16)29-25(31)23(34-26(29)33)13-18-4-3-5-21(12-18)32-15-24(30)28-22-14-19(27)9-8-17(22)2/h3-14H,15H2,1-2H3,(H,28,30)/b23-13-. The highest BCUT2D eigenvalue weighted by Gasteiger charge is 2.33. The van der Waals surface area contributed by atoms with Crippen molar-refractivity contribution < 1.29 is 14.3 Å². The first-order valence-electron chi connectivity index (χ1n) is 10.4. The number of amides is 2. The molecule has 0 saturated carbocycles. The smallest absolute Gasteiger partial charge is 0.270 e. The number of aryl methyl sites for hydroxylation is 2. The van der Waals surface area contributed by atoms with Crippen LogP contribution in [-0.2, 0) is 9.59 Å². The van der Waals surface area contributed by atoms with Crippen LogP contribution in [0.3, 0.4) is 0 Å². The molecule has 3 aromatic carbocycles. The molecule has 4 rings (SSSR count). The Labute approximate surface area is 212 Å². The Morgan fingerprint density at radius 3 is 2.65 bits per heavy atom. The number of nitrogens with zero attached hydrogens (tertiary/aromatic N) is 1. The molecule has 0 spiro atoms. The second-order valence-corrected chi connectivity index (χ2v) is 9.83. The first-order chi connectivity index (χ1) is 16.3. The van der Waals surface area contributed by atoms with Gasteiger partial charge in [0.05, 0.1) is 10.6 Å². The summed E-state index contributed by atoms with van der Waals surface area (Å²) < 4.78 is 6.15. The topological polar surface area (TPSA) is 58.6 Å². The van der Waals surface area contributed by atoms with E-state index in [2.05, 4.69) is 5.32 Å². The summed E-state index contributed by atoms with van der Waals surface area (Å²) in [6.07, 6.45) is 1.77. The van der Waals surface area contributed by atoms with Crippen molar-refractivity contribution in [1.29, 1.82) is 0 Å². The third kappa shape index (κ3) is 5.67. The zero-order valence-corrected chi connectivity index (χ0v) is 20.9. The largest absolute Gasteiger partial charge is 0.484 e. The molecule has 3 aromatic rings. The van der Waals surface area contributed by atoms with Gasteiger partial charge in [0.15, 0.2) is 10.9 Å². The predicted octanol–water partition coefficient (Wildman–Crippen LogP) is 6.38. The summed E-state index contributed by atoms with van der Waals surface area (Å²) >= 11 is 12.7. The van der Waals surface area contributed by atoms with E-state index in [-0.39, 0.29) is 18.4 Å². The normalized spacial score (nSPS) is 14.6. The molecule has 0 aliphatic carbocycles. The van der Waals surface area contributed by atoms with Gasteiger partial charge in [-0.1, -0.05) is 71.5 Å². The third-order valence-corrected chi connectivity index (χ3v) is 6.62. The Bertz CT molecular complexity index is 1310. The van der Waals surface area contributed by atoms with Crippen molar-refractivity contribution in [2.24, 2.45) is 0 Å². The number of carbonyl (C=O) groups is 2.